The highest BCUT2D eigenvalue weighted by molar-refractivity contribution is 9.10. The SMILES string of the molecule is CC1CC(C)CC(N2CCC(Br)C2=O)C1. The summed E-state index contributed by atoms with van der Waals surface area (Å²) in [6.07, 6.45) is 4.72. The molecule has 0 bridgehead atoms. The molecule has 1 heterocycles. The van der Waals surface area contributed by atoms with Crippen molar-refractivity contribution in [1.82, 2.24) is 4.90 Å². The first-order chi connectivity index (χ1) is 7.08. The van der Waals surface area contributed by atoms with E-state index in [1.807, 2.05) is 0 Å². The van der Waals surface area contributed by atoms with Crippen LogP contribution in [0, 0.1) is 11.8 Å². The van der Waals surface area contributed by atoms with Crippen LogP contribution in [0.25, 0.3) is 0 Å². The minimum Gasteiger partial charge on any atom is -0.339 e. The second kappa shape index (κ2) is 4.44. The third-order valence-corrected chi connectivity index (χ3v) is 4.62. The zero-order valence-electron chi connectivity index (χ0n) is 9.58. The Morgan fingerprint density at radius 1 is 1.20 bits per heavy atom. The van der Waals surface area contributed by atoms with Crippen LogP contribution in [-0.2, 0) is 4.79 Å². The Kier molecular flexibility index (Phi) is 3.39. The van der Waals surface area contributed by atoms with Gasteiger partial charge < -0.3 is 4.90 Å². The van der Waals surface area contributed by atoms with Gasteiger partial charge in [-0.05, 0) is 37.5 Å². The summed E-state index contributed by atoms with van der Waals surface area (Å²) < 4.78 is 0. The van der Waals surface area contributed by atoms with Gasteiger partial charge in [0.25, 0.3) is 0 Å². The fraction of sp³-hybridized carbons (Fsp3) is 0.917. The molecule has 3 heteroatoms. The number of halogens is 1. The Morgan fingerprint density at radius 3 is 2.27 bits per heavy atom. The van der Waals surface area contributed by atoms with Gasteiger partial charge in [-0.1, -0.05) is 29.8 Å². The maximum atomic E-state index is 11.9. The summed E-state index contributed by atoms with van der Waals surface area (Å²) in [6, 6.07) is 0.513. The van der Waals surface area contributed by atoms with Gasteiger partial charge in [0, 0.05) is 12.6 Å². The zero-order valence-corrected chi connectivity index (χ0v) is 11.2. The van der Waals surface area contributed by atoms with E-state index in [-0.39, 0.29) is 4.83 Å². The van der Waals surface area contributed by atoms with E-state index < -0.39 is 0 Å². The third-order valence-electron chi connectivity index (χ3n) is 3.77. The van der Waals surface area contributed by atoms with Crippen molar-refractivity contribution in [2.45, 2.75) is 50.4 Å². The molecule has 1 aliphatic heterocycles. The molecule has 0 aromatic carbocycles. The first-order valence-electron chi connectivity index (χ1n) is 6.02. The first-order valence-corrected chi connectivity index (χ1v) is 6.94. The molecule has 3 atom stereocenters. The van der Waals surface area contributed by atoms with Crippen LogP contribution in [0.1, 0.15) is 39.5 Å². The van der Waals surface area contributed by atoms with Crippen LogP contribution >= 0.6 is 15.9 Å². The molecule has 2 rings (SSSR count). The fourth-order valence-corrected chi connectivity index (χ4v) is 3.66. The maximum absolute atomic E-state index is 11.9. The third kappa shape index (κ3) is 2.38. The number of hydrogen-bond donors (Lipinski definition) is 0. The predicted molar refractivity (Wildman–Crippen MR) is 65.0 cm³/mol. The van der Waals surface area contributed by atoms with Crippen LogP contribution < -0.4 is 0 Å². The molecule has 2 nitrogen and oxygen atoms in total. The number of nitrogens with zero attached hydrogens (tertiary/aromatic N) is 1. The van der Waals surface area contributed by atoms with E-state index in [1.165, 1.54) is 19.3 Å². The largest absolute Gasteiger partial charge is 0.339 e. The van der Waals surface area contributed by atoms with Crippen molar-refractivity contribution in [3.8, 4) is 0 Å². The summed E-state index contributed by atoms with van der Waals surface area (Å²) in [5.41, 5.74) is 0. The van der Waals surface area contributed by atoms with Gasteiger partial charge in [-0.25, -0.2) is 0 Å². The lowest BCUT2D eigenvalue weighted by molar-refractivity contribution is -0.130. The summed E-state index contributed by atoms with van der Waals surface area (Å²) in [4.78, 5) is 14.1. The molecule has 1 aliphatic carbocycles. The Bertz CT molecular complexity index is 246. The summed E-state index contributed by atoms with van der Waals surface area (Å²) in [7, 11) is 0. The minimum atomic E-state index is 0.0880. The molecule has 0 aromatic heterocycles. The highest BCUT2D eigenvalue weighted by Gasteiger charge is 2.37. The predicted octanol–water partition coefficient (Wildman–Crippen LogP) is 2.81. The molecule has 3 unspecified atom stereocenters. The van der Waals surface area contributed by atoms with Gasteiger partial charge in [-0.2, -0.15) is 0 Å². The van der Waals surface area contributed by atoms with Crippen molar-refractivity contribution in [2.24, 2.45) is 11.8 Å². The molecule has 0 aromatic rings. The van der Waals surface area contributed by atoms with Crippen LogP contribution in [0.2, 0.25) is 0 Å². The number of likely N-dealkylation sites (tertiary alicyclic amines) is 1. The number of amides is 1. The second-order valence-corrected chi connectivity index (χ2v) is 6.46. The molecule has 1 saturated carbocycles. The topological polar surface area (TPSA) is 20.3 Å². The first kappa shape index (κ1) is 11.4. The van der Waals surface area contributed by atoms with Crippen molar-refractivity contribution in [1.29, 1.82) is 0 Å². The fourth-order valence-electron chi connectivity index (χ4n) is 3.19. The molecule has 2 aliphatic rings. The summed E-state index contributed by atoms with van der Waals surface area (Å²) in [5.74, 6) is 1.88. The van der Waals surface area contributed by atoms with Crippen molar-refractivity contribution in [3.63, 3.8) is 0 Å². The van der Waals surface area contributed by atoms with Crippen LogP contribution in [0.3, 0.4) is 0 Å². The van der Waals surface area contributed by atoms with Gasteiger partial charge in [0.05, 0.1) is 4.83 Å². The highest BCUT2D eigenvalue weighted by Crippen LogP contribution is 2.34. The van der Waals surface area contributed by atoms with Gasteiger partial charge in [0.2, 0.25) is 5.91 Å². The van der Waals surface area contributed by atoms with E-state index in [1.54, 1.807) is 0 Å². The molecule has 0 N–H and O–H groups in total. The molecular weight excluding hydrogens is 254 g/mol. The van der Waals surface area contributed by atoms with E-state index in [4.69, 9.17) is 0 Å². The molecule has 1 saturated heterocycles. The quantitative estimate of drug-likeness (QED) is 0.673. The number of rotatable bonds is 1. The van der Waals surface area contributed by atoms with Gasteiger partial charge in [0.1, 0.15) is 0 Å². The average molecular weight is 274 g/mol. The van der Waals surface area contributed by atoms with Crippen molar-refractivity contribution < 1.29 is 4.79 Å². The van der Waals surface area contributed by atoms with Crippen LogP contribution in [-0.4, -0.2) is 28.2 Å². The minimum absolute atomic E-state index is 0.0880. The number of alkyl halides is 1. The molecule has 86 valence electrons. The van der Waals surface area contributed by atoms with Crippen molar-refractivity contribution in [2.75, 3.05) is 6.54 Å². The lowest BCUT2D eigenvalue weighted by atomic mass is 9.80. The molecule has 1 amide bonds. The Morgan fingerprint density at radius 2 is 1.80 bits per heavy atom. The molecule has 0 radical (unpaired) electrons. The Labute approximate surface area is 101 Å². The van der Waals surface area contributed by atoms with E-state index in [2.05, 4.69) is 34.7 Å². The smallest absolute Gasteiger partial charge is 0.236 e. The van der Waals surface area contributed by atoms with E-state index in [0.717, 1.165) is 24.8 Å². The van der Waals surface area contributed by atoms with Crippen molar-refractivity contribution >= 4 is 21.8 Å². The van der Waals surface area contributed by atoms with E-state index >= 15 is 0 Å². The van der Waals surface area contributed by atoms with Gasteiger partial charge in [-0.3, -0.25) is 4.79 Å². The van der Waals surface area contributed by atoms with E-state index in [9.17, 15) is 4.79 Å². The Balaban J connectivity index is 2.01. The van der Waals surface area contributed by atoms with Crippen LogP contribution in [0.15, 0.2) is 0 Å². The van der Waals surface area contributed by atoms with Crippen LogP contribution in [0.4, 0.5) is 0 Å². The van der Waals surface area contributed by atoms with Gasteiger partial charge in [0.15, 0.2) is 0 Å². The van der Waals surface area contributed by atoms with Gasteiger partial charge >= 0.3 is 0 Å². The average Bonchev–Trinajstić information content (AvgIpc) is 2.46. The number of carbonyl (C=O) groups is 1. The maximum Gasteiger partial charge on any atom is 0.236 e. The number of hydrogen-bond acceptors (Lipinski definition) is 1. The molecule has 0 spiro atoms. The second-order valence-electron chi connectivity index (χ2n) is 5.36. The summed E-state index contributed by atoms with van der Waals surface area (Å²) >= 11 is 3.45. The summed E-state index contributed by atoms with van der Waals surface area (Å²) in [6.45, 7) is 5.59. The van der Waals surface area contributed by atoms with Crippen molar-refractivity contribution in [3.05, 3.63) is 0 Å². The highest BCUT2D eigenvalue weighted by atomic mass is 79.9. The Hall–Kier alpha value is -0.0500. The lowest BCUT2D eigenvalue weighted by Crippen LogP contribution is -2.42. The molecule has 15 heavy (non-hydrogen) atoms. The lowest BCUT2D eigenvalue weighted by Gasteiger charge is -2.37. The summed E-state index contributed by atoms with van der Waals surface area (Å²) in [5, 5.41) is 0. The normalized spacial score (nSPS) is 42.3. The van der Waals surface area contributed by atoms with Gasteiger partial charge in [-0.15, -0.1) is 0 Å². The molecular formula is C12H20BrNO. The standard InChI is InChI=1S/C12H20BrNO/c1-8-5-9(2)7-10(6-8)14-4-3-11(13)12(14)15/h8-11H,3-7H2,1-2H3. The van der Waals surface area contributed by atoms with Crippen LogP contribution in [0.5, 0.6) is 0 Å². The monoisotopic (exact) mass is 273 g/mol. The zero-order chi connectivity index (χ0) is 11.0. The van der Waals surface area contributed by atoms with E-state index in [0.29, 0.717) is 11.9 Å². The molecule has 2 fully saturated rings. The number of carbonyl (C=O) groups excluding carboxylic acids is 1.